The van der Waals surface area contributed by atoms with Gasteiger partial charge in [-0.1, -0.05) is 0 Å². The van der Waals surface area contributed by atoms with E-state index in [0.717, 1.165) is 20.2 Å². The Bertz CT molecular complexity index is 670. The van der Waals surface area contributed by atoms with E-state index in [4.69, 9.17) is 5.26 Å². The minimum Gasteiger partial charge on any atom is -0.379 e. The number of anilines is 1. The molecule has 2 aromatic carbocycles. The number of benzene rings is 2. The molecule has 0 aliphatic carbocycles. The number of nitrogens with one attached hydrogen (secondary N) is 1. The standard InChI is InChI=1S/C15H11Br2FN2/c1-9-4-13(16)15(14(17)5-9)20-8-11-6-12(18)3-2-10(11)7-19/h2-6,20H,8H2,1H3. The van der Waals surface area contributed by atoms with Crippen LogP contribution >= 0.6 is 31.9 Å². The third kappa shape index (κ3) is 3.38. The number of hydrogen-bond acceptors (Lipinski definition) is 2. The van der Waals surface area contributed by atoms with Gasteiger partial charge >= 0.3 is 0 Å². The fourth-order valence-corrected chi connectivity index (χ4v) is 3.57. The molecule has 0 saturated carbocycles. The molecule has 0 unspecified atom stereocenters. The van der Waals surface area contributed by atoms with Gasteiger partial charge in [0.05, 0.1) is 17.3 Å². The maximum atomic E-state index is 13.3. The van der Waals surface area contributed by atoms with Crippen LogP contribution in [-0.4, -0.2) is 0 Å². The van der Waals surface area contributed by atoms with Crippen LogP contribution in [0.5, 0.6) is 0 Å². The zero-order valence-electron chi connectivity index (χ0n) is 10.7. The highest BCUT2D eigenvalue weighted by atomic mass is 79.9. The normalized spacial score (nSPS) is 10.2. The molecule has 2 aromatic rings. The Morgan fingerprint density at radius 1 is 1.20 bits per heavy atom. The van der Waals surface area contributed by atoms with E-state index in [-0.39, 0.29) is 5.82 Å². The van der Waals surface area contributed by atoms with Gasteiger partial charge in [-0.3, -0.25) is 0 Å². The summed E-state index contributed by atoms with van der Waals surface area (Å²) in [6.45, 7) is 2.38. The number of halogens is 3. The second-order valence-electron chi connectivity index (χ2n) is 4.37. The van der Waals surface area contributed by atoms with Crippen LogP contribution < -0.4 is 5.32 Å². The number of nitriles is 1. The molecule has 0 radical (unpaired) electrons. The molecule has 5 heteroatoms. The van der Waals surface area contributed by atoms with Crippen LogP contribution in [-0.2, 0) is 6.54 Å². The van der Waals surface area contributed by atoms with Crippen molar-refractivity contribution >= 4 is 37.5 Å². The third-order valence-corrected chi connectivity index (χ3v) is 4.08. The van der Waals surface area contributed by atoms with Crippen molar-refractivity contribution in [1.82, 2.24) is 0 Å². The van der Waals surface area contributed by atoms with Crippen molar-refractivity contribution in [2.24, 2.45) is 0 Å². The molecule has 0 fully saturated rings. The smallest absolute Gasteiger partial charge is 0.123 e. The molecular weight excluding hydrogens is 387 g/mol. The molecular formula is C15H11Br2FN2. The Morgan fingerprint density at radius 2 is 1.85 bits per heavy atom. The zero-order chi connectivity index (χ0) is 14.7. The number of hydrogen-bond donors (Lipinski definition) is 1. The molecule has 0 amide bonds. The van der Waals surface area contributed by atoms with Crippen LogP contribution in [0.25, 0.3) is 0 Å². The van der Waals surface area contributed by atoms with E-state index in [9.17, 15) is 4.39 Å². The SMILES string of the molecule is Cc1cc(Br)c(NCc2cc(F)ccc2C#N)c(Br)c1. The predicted molar refractivity (Wildman–Crippen MR) is 85.0 cm³/mol. The van der Waals surface area contributed by atoms with Crippen molar-refractivity contribution in [1.29, 1.82) is 5.26 Å². The lowest BCUT2D eigenvalue weighted by molar-refractivity contribution is 0.625. The highest BCUT2D eigenvalue weighted by molar-refractivity contribution is 9.11. The molecule has 0 aromatic heterocycles. The van der Waals surface area contributed by atoms with Gasteiger partial charge in [-0.05, 0) is 80.2 Å². The van der Waals surface area contributed by atoms with Crippen LogP contribution in [0.4, 0.5) is 10.1 Å². The quantitative estimate of drug-likeness (QED) is 0.777. The van der Waals surface area contributed by atoms with Gasteiger partial charge in [-0.2, -0.15) is 5.26 Å². The lowest BCUT2D eigenvalue weighted by Crippen LogP contribution is -2.03. The Hall–Kier alpha value is -1.38. The zero-order valence-corrected chi connectivity index (χ0v) is 13.8. The van der Waals surface area contributed by atoms with Crippen molar-refractivity contribution in [3.8, 4) is 6.07 Å². The van der Waals surface area contributed by atoms with Crippen LogP contribution in [0, 0.1) is 24.1 Å². The number of nitrogens with zero attached hydrogens (tertiary/aromatic N) is 1. The summed E-state index contributed by atoms with van der Waals surface area (Å²) in [6, 6.07) is 10.2. The van der Waals surface area contributed by atoms with Crippen LogP contribution in [0.3, 0.4) is 0 Å². The minimum atomic E-state index is -0.345. The molecule has 0 aliphatic rings. The first-order valence-corrected chi connectivity index (χ1v) is 7.48. The van der Waals surface area contributed by atoms with Crippen LogP contribution in [0.15, 0.2) is 39.3 Å². The first-order valence-electron chi connectivity index (χ1n) is 5.89. The minimum absolute atomic E-state index is 0.345. The largest absolute Gasteiger partial charge is 0.379 e. The van der Waals surface area contributed by atoms with Gasteiger partial charge in [0.15, 0.2) is 0 Å². The first-order chi connectivity index (χ1) is 9.51. The second kappa shape index (κ2) is 6.38. The van der Waals surface area contributed by atoms with Gasteiger partial charge in [0.2, 0.25) is 0 Å². The van der Waals surface area contributed by atoms with Gasteiger partial charge in [0, 0.05) is 15.5 Å². The van der Waals surface area contributed by atoms with Gasteiger partial charge in [0.25, 0.3) is 0 Å². The Balaban J connectivity index is 2.26. The summed E-state index contributed by atoms with van der Waals surface area (Å²) in [5.74, 6) is -0.345. The van der Waals surface area contributed by atoms with Crippen molar-refractivity contribution in [2.45, 2.75) is 13.5 Å². The van der Waals surface area contributed by atoms with Crippen molar-refractivity contribution < 1.29 is 4.39 Å². The van der Waals surface area contributed by atoms with E-state index >= 15 is 0 Å². The lowest BCUT2D eigenvalue weighted by Gasteiger charge is -2.12. The first kappa shape index (κ1) is 15.0. The summed E-state index contributed by atoms with van der Waals surface area (Å²) >= 11 is 6.98. The molecule has 20 heavy (non-hydrogen) atoms. The summed E-state index contributed by atoms with van der Waals surface area (Å²) < 4.78 is 15.1. The monoisotopic (exact) mass is 396 g/mol. The van der Waals surface area contributed by atoms with E-state index in [1.165, 1.54) is 18.2 Å². The van der Waals surface area contributed by atoms with Gasteiger partial charge in [0.1, 0.15) is 5.82 Å². The molecule has 0 saturated heterocycles. The number of aryl methyl sites for hydroxylation is 1. The van der Waals surface area contributed by atoms with Gasteiger partial charge < -0.3 is 5.32 Å². The lowest BCUT2D eigenvalue weighted by atomic mass is 10.1. The van der Waals surface area contributed by atoms with Gasteiger partial charge in [-0.25, -0.2) is 4.39 Å². The molecule has 2 nitrogen and oxygen atoms in total. The maximum absolute atomic E-state index is 13.3. The van der Waals surface area contributed by atoms with E-state index in [1.54, 1.807) is 0 Å². The molecule has 0 spiro atoms. The second-order valence-corrected chi connectivity index (χ2v) is 6.08. The summed E-state index contributed by atoms with van der Waals surface area (Å²) in [5.41, 5.74) is 3.10. The molecule has 0 bridgehead atoms. The van der Waals surface area contributed by atoms with Crippen LogP contribution in [0.1, 0.15) is 16.7 Å². The highest BCUT2D eigenvalue weighted by Crippen LogP contribution is 2.32. The fourth-order valence-electron chi connectivity index (χ4n) is 1.87. The van der Waals surface area contributed by atoms with E-state index < -0.39 is 0 Å². The van der Waals surface area contributed by atoms with E-state index in [1.807, 2.05) is 19.1 Å². The maximum Gasteiger partial charge on any atom is 0.123 e. The fraction of sp³-hybridized carbons (Fsp3) is 0.133. The van der Waals surface area contributed by atoms with E-state index in [2.05, 4.69) is 43.2 Å². The van der Waals surface area contributed by atoms with Crippen molar-refractivity contribution in [3.63, 3.8) is 0 Å². The van der Waals surface area contributed by atoms with Gasteiger partial charge in [-0.15, -0.1) is 0 Å². The molecule has 0 aliphatic heterocycles. The van der Waals surface area contributed by atoms with Crippen molar-refractivity contribution in [2.75, 3.05) is 5.32 Å². The molecule has 2 rings (SSSR count). The van der Waals surface area contributed by atoms with E-state index in [0.29, 0.717) is 17.7 Å². The summed E-state index contributed by atoms with van der Waals surface area (Å²) in [5, 5.41) is 12.2. The third-order valence-electron chi connectivity index (χ3n) is 2.83. The predicted octanol–water partition coefficient (Wildman–Crippen LogP) is 5.14. The highest BCUT2D eigenvalue weighted by Gasteiger charge is 2.08. The molecule has 0 atom stereocenters. The molecule has 1 N–H and O–H groups in total. The molecule has 102 valence electrons. The summed E-state index contributed by atoms with van der Waals surface area (Å²) in [7, 11) is 0. The average molecular weight is 398 g/mol. The Labute approximate surface area is 133 Å². The van der Waals surface area contributed by atoms with Crippen molar-refractivity contribution in [3.05, 3.63) is 61.8 Å². The summed E-state index contributed by atoms with van der Waals surface area (Å²) in [4.78, 5) is 0. The topological polar surface area (TPSA) is 35.8 Å². The molecule has 0 heterocycles. The Morgan fingerprint density at radius 3 is 2.45 bits per heavy atom. The van der Waals surface area contributed by atoms with Crippen LogP contribution in [0.2, 0.25) is 0 Å². The average Bonchev–Trinajstić information content (AvgIpc) is 2.37. The number of rotatable bonds is 3. The summed E-state index contributed by atoms with van der Waals surface area (Å²) in [6.07, 6.45) is 0. The Kier molecular flexibility index (Phi) is 4.79.